The minimum atomic E-state index is -0.588. The summed E-state index contributed by atoms with van der Waals surface area (Å²) in [7, 11) is 2.59. The third kappa shape index (κ3) is 1.90. The minimum absolute atomic E-state index is 0.00171. The molecule has 0 amide bonds. The predicted octanol–water partition coefficient (Wildman–Crippen LogP) is 0.842. The van der Waals surface area contributed by atoms with Crippen molar-refractivity contribution in [3.8, 4) is 5.75 Å². The lowest BCUT2D eigenvalue weighted by Crippen LogP contribution is -2.09. The Kier molecular flexibility index (Phi) is 3.23. The maximum absolute atomic E-state index is 11.4. The van der Waals surface area contributed by atoms with Gasteiger partial charge in [-0.15, -0.1) is 0 Å². The standard InChI is InChI=1S/C10H10O4/c1-13-9-7(10(12)14-2)5-3-4-6-8(9)11/h3-6H,1-2H3. The van der Waals surface area contributed by atoms with Crippen LogP contribution in [0.1, 0.15) is 10.4 Å². The zero-order chi connectivity index (χ0) is 10.6. The van der Waals surface area contributed by atoms with Crippen molar-refractivity contribution in [2.45, 2.75) is 0 Å². The number of rotatable bonds is 2. The molecule has 0 spiro atoms. The highest BCUT2D eigenvalue weighted by Gasteiger charge is 2.13. The van der Waals surface area contributed by atoms with Crippen molar-refractivity contribution in [2.24, 2.45) is 0 Å². The first-order valence-corrected chi connectivity index (χ1v) is 3.96. The summed E-state index contributed by atoms with van der Waals surface area (Å²) in [6.07, 6.45) is 0. The Balaban J connectivity index is 3.43. The van der Waals surface area contributed by atoms with E-state index in [9.17, 15) is 9.59 Å². The molecule has 0 aromatic heterocycles. The van der Waals surface area contributed by atoms with E-state index in [2.05, 4.69) is 4.74 Å². The first kappa shape index (κ1) is 10.2. The van der Waals surface area contributed by atoms with Crippen LogP contribution in [0.5, 0.6) is 5.75 Å². The predicted molar refractivity (Wildman–Crippen MR) is 50.6 cm³/mol. The summed E-state index contributed by atoms with van der Waals surface area (Å²) in [5, 5.41) is 0. The molecule has 1 aromatic rings. The number of esters is 1. The fourth-order valence-corrected chi connectivity index (χ4v) is 1.06. The van der Waals surface area contributed by atoms with Crippen LogP contribution in [0.2, 0.25) is 0 Å². The van der Waals surface area contributed by atoms with Gasteiger partial charge in [0, 0.05) is 0 Å². The number of methoxy groups -OCH3 is 2. The van der Waals surface area contributed by atoms with Gasteiger partial charge in [0.15, 0.2) is 5.75 Å². The van der Waals surface area contributed by atoms with E-state index in [-0.39, 0.29) is 16.7 Å². The van der Waals surface area contributed by atoms with E-state index in [1.165, 1.54) is 32.4 Å². The third-order valence-corrected chi connectivity index (χ3v) is 1.70. The van der Waals surface area contributed by atoms with Crippen LogP contribution in [-0.4, -0.2) is 20.2 Å². The van der Waals surface area contributed by atoms with E-state index < -0.39 is 5.97 Å². The van der Waals surface area contributed by atoms with Crippen molar-refractivity contribution >= 4 is 5.97 Å². The zero-order valence-corrected chi connectivity index (χ0v) is 7.94. The Morgan fingerprint density at radius 2 is 1.86 bits per heavy atom. The molecule has 0 heterocycles. The highest BCUT2D eigenvalue weighted by Crippen LogP contribution is 2.11. The van der Waals surface area contributed by atoms with E-state index in [0.717, 1.165) is 0 Å². The van der Waals surface area contributed by atoms with Crippen LogP contribution in [0.3, 0.4) is 0 Å². The Labute approximate surface area is 81.1 Å². The number of ether oxygens (including phenoxy) is 2. The highest BCUT2D eigenvalue weighted by molar-refractivity contribution is 5.92. The molecule has 0 atom stereocenters. The summed E-state index contributed by atoms with van der Waals surface area (Å²) in [4.78, 5) is 22.6. The van der Waals surface area contributed by atoms with Crippen LogP contribution in [0.25, 0.3) is 0 Å². The van der Waals surface area contributed by atoms with Crippen molar-refractivity contribution in [3.63, 3.8) is 0 Å². The average Bonchev–Trinajstić information content (AvgIpc) is 2.38. The molecule has 0 aliphatic rings. The average molecular weight is 194 g/mol. The van der Waals surface area contributed by atoms with Gasteiger partial charge in [-0.2, -0.15) is 0 Å². The molecule has 74 valence electrons. The molecule has 4 nitrogen and oxygen atoms in total. The van der Waals surface area contributed by atoms with Crippen LogP contribution in [0.4, 0.5) is 0 Å². The third-order valence-electron chi connectivity index (χ3n) is 1.70. The van der Waals surface area contributed by atoms with Crippen molar-refractivity contribution in [3.05, 3.63) is 40.1 Å². The summed E-state index contributed by atoms with van der Waals surface area (Å²) in [6, 6.07) is 5.92. The Morgan fingerprint density at radius 1 is 1.21 bits per heavy atom. The number of carbonyl (C=O) groups excluding carboxylic acids is 1. The quantitative estimate of drug-likeness (QED) is 0.655. The van der Waals surface area contributed by atoms with E-state index in [4.69, 9.17) is 4.74 Å². The number of hydrogen-bond acceptors (Lipinski definition) is 4. The van der Waals surface area contributed by atoms with Crippen LogP contribution in [0.15, 0.2) is 29.1 Å². The second-order valence-electron chi connectivity index (χ2n) is 2.52. The molecule has 14 heavy (non-hydrogen) atoms. The van der Waals surface area contributed by atoms with Crippen LogP contribution >= 0.6 is 0 Å². The summed E-state index contributed by atoms with van der Waals surface area (Å²) in [5.74, 6) is -0.586. The van der Waals surface area contributed by atoms with Crippen LogP contribution in [0, 0.1) is 0 Å². The molecule has 4 heteroatoms. The smallest absolute Gasteiger partial charge is 0.341 e. The second kappa shape index (κ2) is 4.41. The first-order valence-electron chi connectivity index (χ1n) is 3.96. The number of carbonyl (C=O) groups is 1. The molecular formula is C10H10O4. The molecule has 0 bridgehead atoms. The largest absolute Gasteiger partial charge is 0.492 e. The molecule has 0 aliphatic heterocycles. The molecule has 1 aromatic carbocycles. The number of hydrogen-bond donors (Lipinski definition) is 0. The molecule has 0 aliphatic carbocycles. The zero-order valence-electron chi connectivity index (χ0n) is 7.94. The lowest BCUT2D eigenvalue weighted by molar-refractivity contribution is 0.0597. The van der Waals surface area contributed by atoms with Crippen molar-refractivity contribution < 1.29 is 14.3 Å². The van der Waals surface area contributed by atoms with Gasteiger partial charge in [-0.3, -0.25) is 4.79 Å². The molecule has 1 rings (SSSR count). The van der Waals surface area contributed by atoms with Gasteiger partial charge in [-0.1, -0.05) is 12.1 Å². The molecule has 0 saturated heterocycles. The molecule has 0 saturated carbocycles. The Bertz CT molecular complexity index is 398. The summed E-state index contributed by atoms with van der Waals surface area (Å²) in [6.45, 7) is 0. The monoisotopic (exact) mass is 194 g/mol. The lowest BCUT2D eigenvalue weighted by Gasteiger charge is -2.01. The van der Waals surface area contributed by atoms with Crippen LogP contribution < -0.4 is 10.2 Å². The van der Waals surface area contributed by atoms with Gasteiger partial charge in [-0.05, 0) is 12.1 Å². The highest BCUT2D eigenvalue weighted by atomic mass is 16.5. The van der Waals surface area contributed by atoms with Crippen molar-refractivity contribution in [1.29, 1.82) is 0 Å². The molecule has 0 radical (unpaired) electrons. The summed E-state index contributed by atoms with van der Waals surface area (Å²) in [5.41, 5.74) is -0.220. The van der Waals surface area contributed by atoms with Gasteiger partial charge in [0.1, 0.15) is 5.56 Å². The molecule has 0 unspecified atom stereocenters. The van der Waals surface area contributed by atoms with Crippen molar-refractivity contribution in [2.75, 3.05) is 14.2 Å². The van der Waals surface area contributed by atoms with Gasteiger partial charge >= 0.3 is 5.97 Å². The molecule has 0 fully saturated rings. The van der Waals surface area contributed by atoms with Gasteiger partial charge in [0.25, 0.3) is 0 Å². The van der Waals surface area contributed by atoms with Crippen LogP contribution in [-0.2, 0) is 4.74 Å². The topological polar surface area (TPSA) is 52.6 Å². The van der Waals surface area contributed by atoms with Gasteiger partial charge < -0.3 is 9.47 Å². The summed E-state index contributed by atoms with van der Waals surface area (Å²) >= 11 is 0. The Morgan fingerprint density at radius 3 is 2.43 bits per heavy atom. The van der Waals surface area contributed by atoms with E-state index in [1.54, 1.807) is 6.07 Å². The van der Waals surface area contributed by atoms with E-state index in [1.807, 2.05) is 0 Å². The van der Waals surface area contributed by atoms with Gasteiger partial charge in [0.05, 0.1) is 14.2 Å². The normalized spacial score (nSPS) is 9.29. The van der Waals surface area contributed by atoms with Gasteiger partial charge in [0.2, 0.25) is 5.43 Å². The Hall–Kier alpha value is -1.84. The van der Waals surface area contributed by atoms with E-state index in [0.29, 0.717) is 0 Å². The first-order chi connectivity index (χ1) is 6.70. The van der Waals surface area contributed by atoms with Gasteiger partial charge in [-0.25, -0.2) is 4.79 Å². The van der Waals surface area contributed by atoms with Crippen molar-refractivity contribution in [1.82, 2.24) is 0 Å². The molecular weight excluding hydrogens is 184 g/mol. The fraction of sp³-hybridized carbons (Fsp3) is 0.200. The summed E-state index contributed by atoms with van der Waals surface area (Å²) < 4.78 is 9.36. The second-order valence-corrected chi connectivity index (χ2v) is 2.52. The minimum Gasteiger partial charge on any atom is -0.492 e. The maximum atomic E-state index is 11.4. The van der Waals surface area contributed by atoms with E-state index >= 15 is 0 Å². The lowest BCUT2D eigenvalue weighted by atomic mass is 10.2. The fourth-order valence-electron chi connectivity index (χ4n) is 1.06. The maximum Gasteiger partial charge on any atom is 0.341 e. The SMILES string of the molecule is COC(=O)c1ccccc(=O)c1OC. The molecule has 0 N–H and O–H groups in total.